The van der Waals surface area contributed by atoms with Crippen LogP contribution >= 0.6 is 0 Å². The van der Waals surface area contributed by atoms with Crippen LogP contribution in [0.3, 0.4) is 0 Å². The van der Waals surface area contributed by atoms with Gasteiger partial charge in [0.2, 0.25) is 5.91 Å². The van der Waals surface area contributed by atoms with Crippen LogP contribution < -0.4 is 10.6 Å². The molecule has 0 bridgehead atoms. The molecule has 0 aromatic rings. The Bertz CT molecular complexity index is 214. The number of amides is 1. The van der Waals surface area contributed by atoms with Crippen molar-refractivity contribution in [3.63, 3.8) is 0 Å². The van der Waals surface area contributed by atoms with Gasteiger partial charge in [0.1, 0.15) is 0 Å². The number of carbonyl (C=O) groups excluding carboxylic acids is 1. The van der Waals surface area contributed by atoms with Crippen molar-refractivity contribution in [1.82, 2.24) is 10.6 Å². The van der Waals surface area contributed by atoms with Crippen LogP contribution in [0.25, 0.3) is 0 Å². The first kappa shape index (κ1) is 15.4. The molecule has 0 fully saturated rings. The van der Waals surface area contributed by atoms with Gasteiger partial charge < -0.3 is 10.6 Å². The van der Waals surface area contributed by atoms with E-state index in [2.05, 4.69) is 45.3 Å². The van der Waals surface area contributed by atoms with E-state index in [1.54, 1.807) is 0 Å². The lowest BCUT2D eigenvalue weighted by Crippen LogP contribution is -2.59. The first-order chi connectivity index (χ1) is 7.34. The van der Waals surface area contributed by atoms with Gasteiger partial charge in [-0.25, -0.2) is 0 Å². The molecule has 96 valence electrons. The molecule has 0 aliphatic carbocycles. The summed E-state index contributed by atoms with van der Waals surface area (Å²) in [5, 5.41) is 6.37. The Balaban J connectivity index is 4.48. The topological polar surface area (TPSA) is 41.1 Å². The molecular weight excluding hydrogens is 200 g/mol. The molecule has 16 heavy (non-hydrogen) atoms. The normalized spacial score (nSPS) is 15.2. The van der Waals surface area contributed by atoms with E-state index in [0.29, 0.717) is 5.92 Å². The maximum atomic E-state index is 12.1. The Hall–Kier alpha value is -0.570. The summed E-state index contributed by atoms with van der Waals surface area (Å²) < 4.78 is 0. The van der Waals surface area contributed by atoms with E-state index in [9.17, 15) is 4.79 Å². The first-order valence-electron chi connectivity index (χ1n) is 6.37. The number of carbonyl (C=O) groups is 1. The van der Waals surface area contributed by atoms with E-state index in [1.165, 1.54) is 0 Å². The zero-order valence-electron chi connectivity index (χ0n) is 11.7. The minimum Gasteiger partial charge on any atom is -0.355 e. The summed E-state index contributed by atoms with van der Waals surface area (Å²) in [7, 11) is 0. The maximum Gasteiger partial charge on any atom is 0.240 e. The van der Waals surface area contributed by atoms with Gasteiger partial charge in [-0.3, -0.25) is 4.79 Å². The largest absolute Gasteiger partial charge is 0.355 e. The van der Waals surface area contributed by atoms with Gasteiger partial charge in [0, 0.05) is 6.54 Å². The fourth-order valence-electron chi connectivity index (χ4n) is 1.38. The molecule has 2 N–H and O–H groups in total. The zero-order chi connectivity index (χ0) is 12.8. The summed E-state index contributed by atoms with van der Waals surface area (Å²) in [6.45, 7) is 14.1. The third kappa shape index (κ3) is 4.52. The third-order valence-electron chi connectivity index (χ3n) is 3.04. The van der Waals surface area contributed by atoms with E-state index in [4.69, 9.17) is 0 Å². The second kappa shape index (κ2) is 6.89. The van der Waals surface area contributed by atoms with Gasteiger partial charge in [-0.2, -0.15) is 0 Å². The SMILES string of the molecule is CCCNC(=O)C(C)(NCC(C)C)C(C)C. The summed E-state index contributed by atoms with van der Waals surface area (Å²) in [6, 6.07) is 0. The highest BCUT2D eigenvalue weighted by Gasteiger charge is 2.35. The number of rotatable bonds is 7. The van der Waals surface area contributed by atoms with Gasteiger partial charge in [0.05, 0.1) is 5.54 Å². The van der Waals surface area contributed by atoms with Crippen LogP contribution in [-0.4, -0.2) is 24.5 Å². The molecule has 3 heteroatoms. The Labute approximate surface area is 100 Å². The predicted octanol–water partition coefficient (Wildman–Crippen LogP) is 2.17. The molecular formula is C13H28N2O. The second-order valence-corrected chi connectivity index (χ2v) is 5.39. The van der Waals surface area contributed by atoms with Gasteiger partial charge in [-0.15, -0.1) is 0 Å². The molecule has 0 aromatic heterocycles. The van der Waals surface area contributed by atoms with Gasteiger partial charge >= 0.3 is 0 Å². The van der Waals surface area contributed by atoms with Crippen molar-refractivity contribution >= 4 is 5.91 Å². The summed E-state index contributed by atoms with van der Waals surface area (Å²) in [5.74, 6) is 0.949. The van der Waals surface area contributed by atoms with Crippen molar-refractivity contribution in [1.29, 1.82) is 0 Å². The van der Waals surface area contributed by atoms with Gasteiger partial charge in [-0.1, -0.05) is 34.6 Å². The second-order valence-electron chi connectivity index (χ2n) is 5.39. The van der Waals surface area contributed by atoms with E-state index >= 15 is 0 Å². The van der Waals surface area contributed by atoms with Crippen LogP contribution in [0.4, 0.5) is 0 Å². The van der Waals surface area contributed by atoms with Crippen molar-refractivity contribution in [3.05, 3.63) is 0 Å². The van der Waals surface area contributed by atoms with E-state index < -0.39 is 5.54 Å². The van der Waals surface area contributed by atoms with E-state index in [-0.39, 0.29) is 11.8 Å². The van der Waals surface area contributed by atoms with Crippen molar-refractivity contribution < 1.29 is 4.79 Å². The smallest absolute Gasteiger partial charge is 0.240 e. The quantitative estimate of drug-likeness (QED) is 0.701. The lowest BCUT2D eigenvalue weighted by molar-refractivity contribution is -0.128. The van der Waals surface area contributed by atoms with Crippen LogP contribution in [-0.2, 0) is 4.79 Å². The van der Waals surface area contributed by atoms with Crippen LogP contribution in [0, 0.1) is 11.8 Å². The monoisotopic (exact) mass is 228 g/mol. The van der Waals surface area contributed by atoms with Crippen molar-refractivity contribution in [3.8, 4) is 0 Å². The highest BCUT2D eigenvalue weighted by Crippen LogP contribution is 2.17. The minimum absolute atomic E-state index is 0.116. The Kier molecular flexibility index (Phi) is 6.65. The van der Waals surface area contributed by atoms with Gasteiger partial charge in [0.15, 0.2) is 0 Å². The molecule has 0 spiro atoms. The molecule has 0 rings (SSSR count). The standard InChI is InChI=1S/C13H28N2O/c1-7-8-14-12(16)13(6,11(4)5)15-9-10(2)3/h10-11,15H,7-9H2,1-6H3,(H,14,16). The average molecular weight is 228 g/mol. The minimum atomic E-state index is -0.459. The maximum absolute atomic E-state index is 12.1. The molecule has 0 saturated carbocycles. The zero-order valence-corrected chi connectivity index (χ0v) is 11.7. The molecule has 0 radical (unpaired) electrons. The molecule has 1 atom stereocenters. The summed E-state index contributed by atoms with van der Waals surface area (Å²) in [5.41, 5.74) is -0.459. The number of hydrogen-bond acceptors (Lipinski definition) is 2. The van der Waals surface area contributed by atoms with Crippen molar-refractivity contribution in [2.24, 2.45) is 11.8 Å². The molecule has 0 saturated heterocycles. The van der Waals surface area contributed by atoms with Crippen molar-refractivity contribution in [2.75, 3.05) is 13.1 Å². The summed E-state index contributed by atoms with van der Waals surface area (Å²) in [4.78, 5) is 12.1. The Morgan fingerprint density at radius 1 is 1.25 bits per heavy atom. The predicted molar refractivity (Wildman–Crippen MR) is 69.4 cm³/mol. The molecule has 0 aliphatic rings. The van der Waals surface area contributed by atoms with E-state index in [1.807, 2.05) is 6.92 Å². The lowest BCUT2D eigenvalue weighted by atomic mass is 9.87. The molecule has 0 aromatic carbocycles. The number of nitrogens with one attached hydrogen (secondary N) is 2. The van der Waals surface area contributed by atoms with Crippen LogP contribution in [0.15, 0.2) is 0 Å². The third-order valence-corrected chi connectivity index (χ3v) is 3.04. The van der Waals surface area contributed by atoms with Gasteiger partial charge in [-0.05, 0) is 31.7 Å². The Morgan fingerprint density at radius 2 is 1.81 bits per heavy atom. The van der Waals surface area contributed by atoms with Crippen LogP contribution in [0.2, 0.25) is 0 Å². The van der Waals surface area contributed by atoms with Crippen molar-refractivity contribution in [2.45, 2.75) is 53.5 Å². The van der Waals surface area contributed by atoms with Gasteiger partial charge in [0.25, 0.3) is 0 Å². The molecule has 0 aliphatic heterocycles. The first-order valence-corrected chi connectivity index (χ1v) is 6.37. The molecule has 3 nitrogen and oxygen atoms in total. The highest BCUT2D eigenvalue weighted by atomic mass is 16.2. The van der Waals surface area contributed by atoms with Crippen LogP contribution in [0.1, 0.15) is 48.0 Å². The molecule has 1 amide bonds. The van der Waals surface area contributed by atoms with Crippen LogP contribution in [0.5, 0.6) is 0 Å². The molecule has 1 unspecified atom stereocenters. The number of hydrogen-bond donors (Lipinski definition) is 2. The lowest BCUT2D eigenvalue weighted by Gasteiger charge is -2.34. The average Bonchev–Trinajstić information content (AvgIpc) is 2.21. The van der Waals surface area contributed by atoms with E-state index in [0.717, 1.165) is 19.5 Å². The fourth-order valence-corrected chi connectivity index (χ4v) is 1.38. The molecule has 0 heterocycles. The fraction of sp³-hybridized carbons (Fsp3) is 0.923. The Morgan fingerprint density at radius 3 is 2.19 bits per heavy atom. The summed E-state index contributed by atoms with van der Waals surface area (Å²) >= 11 is 0. The summed E-state index contributed by atoms with van der Waals surface area (Å²) in [6.07, 6.45) is 0.976. The highest BCUT2D eigenvalue weighted by molar-refractivity contribution is 5.86.